The molecule has 0 N–H and O–H groups in total. The van der Waals surface area contributed by atoms with Crippen molar-refractivity contribution in [2.75, 3.05) is 0 Å². The molecule has 0 unspecified atom stereocenters. The smallest absolute Gasteiger partial charge is 0.265 e. The molecule has 0 aliphatic rings. The van der Waals surface area contributed by atoms with Crippen LogP contribution in [-0.2, 0) is 10.2 Å². The van der Waals surface area contributed by atoms with Crippen molar-refractivity contribution < 1.29 is 12.3 Å². The number of nitrogens with zero attached hydrogens (tertiary/aromatic N) is 2. The molecule has 6 heteroatoms. The van der Waals surface area contributed by atoms with Crippen LogP contribution in [0.4, 0.5) is 3.89 Å². The van der Waals surface area contributed by atoms with Crippen LogP contribution in [0, 0.1) is 0 Å². The molecule has 0 fully saturated rings. The second-order valence-corrected chi connectivity index (χ2v) is 4.33. The predicted molar refractivity (Wildman–Crippen MR) is 55.8 cm³/mol. The monoisotopic (exact) mass is 238 g/mol. The van der Waals surface area contributed by atoms with Crippen LogP contribution >= 0.6 is 0 Å². The van der Waals surface area contributed by atoms with Crippen molar-refractivity contribution >= 4 is 10.2 Å². The summed E-state index contributed by atoms with van der Waals surface area (Å²) >= 11 is 0. The van der Waals surface area contributed by atoms with Crippen molar-refractivity contribution in [3.8, 4) is 11.3 Å². The number of pyridine rings is 2. The summed E-state index contributed by atoms with van der Waals surface area (Å²) in [5.41, 5.74) is 1.07. The second-order valence-electron chi connectivity index (χ2n) is 3.03. The molecule has 0 amide bonds. The third-order valence-electron chi connectivity index (χ3n) is 1.95. The molecule has 0 atom stereocenters. The summed E-state index contributed by atoms with van der Waals surface area (Å²) in [4.78, 5) is 7.55. The average molecular weight is 238 g/mol. The fraction of sp³-hybridized carbons (Fsp3) is 0. The molecule has 2 rings (SSSR count). The van der Waals surface area contributed by atoms with E-state index in [2.05, 4.69) is 9.97 Å². The molecule has 0 radical (unpaired) electrons. The van der Waals surface area contributed by atoms with Gasteiger partial charge in [0.05, 0.1) is 5.69 Å². The van der Waals surface area contributed by atoms with E-state index in [4.69, 9.17) is 0 Å². The maximum Gasteiger partial charge on any atom is 0.349 e. The summed E-state index contributed by atoms with van der Waals surface area (Å²) in [5.74, 6) is 0. The number of hydrogen-bond acceptors (Lipinski definition) is 4. The summed E-state index contributed by atoms with van der Waals surface area (Å²) in [6.45, 7) is 0. The van der Waals surface area contributed by atoms with Crippen molar-refractivity contribution in [1.82, 2.24) is 9.97 Å². The summed E-state index contributed by atoms with van der Waals surface area (Å²) in [6, 6.07) is 7.48. The molecule has 0 aliphatic carbocycles. The summed E-state index contributed by atoms with van der Waals surface area (Å²) in [7, 11) is -4.76. The quantitative estimate of drug-likeness (QED) is 0.748. The number of hydrogen-bond donors (Lipinski definition) is 0. The Kier molecular flexibility index (Phi) is 2.66. The lowest BCUT2D eigenvalue weighted by atomic mass is 10.2. The lowest BCUT2D eigenvalue weighted by Crippen LogP contribution is -1.97. The van der Waals surface area contributed by atoms with Gasteiger partial charge in [0, 0.05) is 18.0 Å². The Morgan fingerprint density at radius 2 is 1.75 bits per heavy atom. The fourth-order valence-electron chi connectivity index (χ4n) is 1.23. The van der Waals surface area contributed by atoms with Crippen molar-refractivity contribution in [2.45, 2.75) is 5.03 Å². The third-order valence-corrected chi connectivity index (χ3v) is 2.68. The Morgan fingerprint density at radius 3 is 2.38 bits per heavy atom. The van der Waals surface area contributed by atoms with Crippen LogP contribution in [0.25, 0.3) is 11.3 Å². The van der Waals surface area contributed by atoms with Gasteiger partial charge in [0.2, 0.25) is 0 Å². The van der Waals surface area contributed by atoms with Gasteiger partial charge in [-0.2, -0.15) is 8.42 Å². The van der Waals surface area contributed by atoms with E-state index >= 15 is 0 Å². The summed E-state index contributed by atoms with van der Waals surface area (Å²) in [5, 5.41) is -0.582. The Morgan fingerprint density at radius 1 is 1.06 bits per heavy atom. The van der Waals surface area contributed by atoms with Crippen LogP contribution in [0.2, 0.25) is 0 Å². The van der Waals surface area contributed by atoms with E-state index in [1.165, 1.54) is 6.07 Å². The number of rotatable bonds is 2. The van der Waals surface area contributed by atoms with Crippen molar-refractivity contribution in [3.05, 3.63) is 42.7 Å². The topological polar surface area (TPSA) is 59.9 Å². The van der Waals surface area contributed by atoms with Gasteiger partial charge in [0.25, 0.3) is 0 Å². The fourth-order valence-corrected chi connectivity index (χ4v) is 1.68. The molecule has 2 aromatic heterocycles. The predicted octanol–water partition coefficient (Wildman–Crippen LogP) is 1.80. The van der Waals surface area contributed by atoms with Crippen LogP contribution in [0.15, 0.2) is 47.8 Å². The lowest BCUT2D eigenvalue weighted by Gasteiger charge is -2.00. The first-order valence-electron chi connectivity index (χ1n) is 4.39. The Hall–Kier alpha value is -1.82. The minimum Gasteiger partial charge on any atom is -0.265 e. The molecule has 2 aromatic rings. The van der Waals surface area contributed by atoms with Gasteiger partial charge in [0.1, 0.15) is 0 Å². The van der Waals surface area contributed by atoms with Gasteiger partial charge in [0.15, 0.2) is 5.03 Å². The normalized spacial score (nSPS) is 11.3. The van der Waals surface area contributed by atoms with E-state index in [1.807, 2.05) is 0 Å². The zero-order valence-corrected chi connectivity index (χ0v) is 8.86. The highest BCUT2D eigenvalue weighted by atomic mass is 32.3. The van der Waals surface area contributed by atoms with Crippen LogP contribution < -0.4 is 0 Å². The summed E-state index contributed by atoms with van der Waals surface area (Å²) in [6.07, 6.45) is 3.10. The molecular formula is C10H7FN2O2S. The van der Waals surface area contributed by atoms with Crippen molar-refractivity contribution in [3.63, 3.8) is 0 Å². The molecule has 82 valence electrons. The largest absolute Gasteiger partial charge is 0.349 e. The molecule has 0 saturated heterocycles. The molecule has 0 bridgehead atoms. The lowest BCUT2D eigenvalue weighted by molar-refractivity contribution is 0.548. The van der Waals surface area contributed by atoms with Gasteiger partial charge < -0.3 is 0 Å². The maximum atomic E-state index is 12.7. The maximum absolute atomic E-state index is 12.7. The van der Waals surface area contributed by atoms with Gasteiger partial charge in [-0.05, 0) is 24.3 Å². The average Bonchev–Trinajstić information content (AvgIpc) is 2.29. The third kappa shape index (κ3) is 2.22. The zero-order chi connectivity index (χ0) is 11.6. The Bertz CT molecular complexity index is 599. The highest BCUT2D eigenvalue weighted by Crippen LogP contribution is 2.18. The van der Waals surface area contributed by atoms with Gasteiger partial charge in [-0.3, -0.25) is 4.98 Å². The number of halogens is 1. The van der Waals surface area contributed by atoms with Crippen LogP contribution in [0.5, 0.6) is 0 Å². The Balaban J connectivity index is 2.53. The van der Waals surface area contributed by atoms with Crippen LogP contribution in [-0.4, -0.2) is 18.4 Å². The van der Waals surface area contributed by atoms with E-state index < -0.39 is 15.2 Å². The SMILES string of the molecule is O=S(=O)(F)c1cccc(-c2ccncc2)n1. The zero-order valence-electron chi connectivity index (χ0n) is 8.04. The second kappa shape index (κ2) is 3.97. The van der Waals surface area contributed by atoms with Crippen molar-refractivity contribution in [1.29, 1.82) is 0 Å². The molecule has 0 aromatic carbocycles. The first kappa shape index (κ1) is 10.7. The molecule has 2 heterocycles. The van der Waals surface area contributed by atoms with Gasteiger partial charge >= 0.3 is 10.2 Å². The molecule has 0 saturated carbocycles. The highest BCUT2D eigenvalue weighted by molar-refractivity contribution is 7.86. The first-order chi connectivity index (χ1) is 7.57. The molecule has 0 spiro atoms. The van der Waals surface area contributed by atoms with Crippen LogP contribution in [0.3, 0.4) is 0 Å². The van der Waals surface area contributed by atoms with Gasteiger partial charge in [-0.15, -0.1) is 0 Å². The van der Waals surface area contributed by atoms with E-state index in [9.17, 15) is 12.3 Å². The van der Waals surface area contributed by atoms with Gasteiger partial charge in [-0.25, -0.2) is 4.98 Å². The van der Waals surface area contributed by atoms with E-state index in [-0.39, 0.29) is 0 Å². The van der Waals surface area contributed by atoms with E-state index in [1.54, 1.807) is 30.6 Å². The number of aromatic nitrogens is 2. The molecular weight excluding hydrogens is 231 g/mol. The van der Waals surface area contributed by atoms with E-state index in [0.717, 1.165) is 6.07 Å². The van der Waals surface area contributed by atoms with E-state index in [0.29, 0.717) is 11.3 Å². The molecule has 4 nitrogen and oxygen atoms in total. The first-order valence-corrected chi connectivity index (χ1v) is 5.78. The standard InChI is InChI=1S/C10H7FN2O2S/c11-16(14,15)10-3-1-2-9(13-10)8-4-6-12-7-5-8/h1-7H. The minimum atomic E-state index is -4.76. The minimum absolute atomic E-state index is 0.390. The molecule has 0 aliphatic heterocycles. The molecule has 16 heavy (non-hydrogen) atoms. The highest BCUT2D eigenvalue weighted by Gasteiger charge is 2.14. The Labute approximate surface area is 92.0 Å². The van der Waals surface area contributed by atoms with Crippen molar-refractivity contribution in [2.24, 2.45) is 0 Å². The van der Waals surface area contributed by atoms with Crippen LogP contribution in [0.1, 0.15) is 0 Å². The van der Waals surface area contributed by atoms with Gasteiger partial charge in [-0.1, -0.05) is 9.95 Å². The summed E-state index contributed by atoms with van der Waals surface area (Å²) < 4.78 is 34.1.